The van der Waals surface area contributed by atoms with Crippen LogP contribution in [0.3, 0.4) is 0 Å². The second kappa shape index (κ2) is 10.8. The third-order valence-electron chi connectivity index (χ3n) is 6.44. The highest BCUT2D eigenvalue weighted by Gasteiger charge is 2.54. The normalized spacial score (nSPS) is 21.4. The number of nitrogens with one attached hydrogen (secondary N) is 1. The highest BCUT2D eigenvalue weighted by atomic mass is 16.6. The van der Waals surface area contributed by atoms with Crippen molar-refractivity contribution in [2.75, 3.05) is 40.0 Å². The first-order chi connectivity index (χ1) is 15.8. The second-order valence-electron chi connectivity index (χ2n) is 8.62. The van der Waals surface area contributed by atoms with Gasteiger partial charge in [-0.3, -0.25) is 19.3 Å². The summed E-state index contributed by atoms with van der Waals surface area (Å²) in [6.07, 6.45) is 0.717. The van der Waals surface area contributed by atoms with Crippen molar-refractivity contribution in [2.24, 2.45) is 0 Å². The van der Waals surface area contributed by atoms with E-state index in [4.69, 9.17) is 9.47 Å². The van der Waals surface area contributed by atoms with Crippen LogP contribution in [-0.2, 0) is 29.3 Å². The van der Waals surface area contributed by atoms with Crippen molar-refractivity contribution < 1.29 is 28.7 Å². The Morgan fingerprint density at radius 3 is 2.52 bits per heavy atom. The van der Waals surface area contributed by atoms with Crippen LogP contribution in [0.5, 0.6) is 0 Å². The molecule has 0 spiro atoms. The molecule has 1 N–H and O–H groups in total. The van der Waals surface area contributed by atoms with Gasteiger partial charge in [0.05, 0.1) is 25.2 Å². The molecule has 4 amide bonds. The second-order valence-corrected chi connectivity index (χ2v) is 8.62. The predicted molar refractivity (Wildman–Crippen MR) is 120 cm³/mol. The van der Waals surface area contributed by atoms with E-state index in [1.165, 1.54) is 12.0 Å². The van der Waals surface area contributed by atoms with Crippen LogP contribution in [0.2, 0.25) is 0 Å². The van der Waals surface area contributed by atoms with Crippen molar-refractivity contribution in [3.05, 3.63) is 35.4 Å². The predicted octanol–water partition coefficient (Wildman–Crippen LogP) is 1.77. The molecule has 1 aromatic carbocycles. The number of piperidine rings is 1. The zero-order chi connectivity index (χ0) is 24.0. The maximum absolute atomic E-state index is 13.5. The van der Waals surface area contributed by atoms with Crippen LogP contribution in [0.25, 0.3) is 0 Å². The van der Waals surface area contributed by atoms with Crippen LogP contribution in [0.1, 0.15) is 43.7 Å². The number of carbonyl (C=O) groups is 4. The van der Waals surface area contributed by atoms with Gasteiger partial charge in [0.1, 0.15) is 0 Å². The summed E-state index contributed by atoms with van der Waals surface area (Å²) in [5.41, 5.74) is 0.338. The average Bonchev–Trinajstić information content (AvgIpc) is 3.02. The minimum absolute atomic E-state index is 0.0465. The van der Waals surface area contributed by atoms with Gasteiger partial charge in [-0.15, -0.1) is 0 Å². The molecule has 9 heteroatoms. The molecule has 1 unspecified atom stereocenters. The fourth-order valence-electron chi connectivity index (χ4n) is 4.74. The highest BCUT2D eigenvalue weighted by molar-refractivity contribution is 6.11. The molecule has 33 heavy (non-hydrogen) atoms. The molecule has 1 atom stereocenters. The molecule has 2 fully saturated rings. The summed E-state index contributed by atoms with van der Waals surface area (Å²) in [6, 6.07) is 7.30. The van der Waals surface area contributed by atoms with Gasteiger partial charge in [0.15, 0.2) is 0 Å². The molecule has 2 aliphatic rings. The molecular formula is C24H33N3O6. The highest BCUT2D eigenvalue weighted by Crippen LogP contribution is 2.41. The van der Waals surface area contributed by atoms with Crippen molar-refractivity contribution in [1.29, 1.82) is 0 Å². The van der Waals surface area contributed by atoms with E-state index in [-0.39, 0.29) is 55.8 Å². The van der Waals surface area contributed by atoms with Crippen LogP contribution in [-0.4, -0.2) is 79.6 Å². The fourth-order valence-corrected chi connectivity index (χ4v) is 4.74. The molecule has 0 aliphatic carbocycles. The van der Waals surface area contributed by atoms with Crippen molar-refractivity contribution in [3.63, 3.8) is 0 Å². The summed E-state index contributed by atoms with van der Waals surface area (Å²) in [6.45, 7) is 5.37. The molecule has 2 aliphatic heterocycles. The average molecular weight is 460 g/mol. The van der Waals surface area contributed by atoms with Gasteiger partial charge in [-0.05, 0) is 37.8 Å². The number of benzene rings is 1. The number of hydrogen-bond acceptors (Lipinski definition) is 6. The molecule has 0 radical (unpaired) electrons. The summed E-state index contributed by atoms with van der Waals surface area (Å²) in [4.78, 5) is 54.2. The molecule has 1 aromatic rings. The minimum atomic E-state index is -1.23. The van der Waals surface area contributed by atoms with Gasteiger partial charge in [-0.1, -0.05) is 24.3 Å². The number of amides is 4. The maximum atomic E-state index is 13.5. The van der Waals surface area contributed by atoms with E-state index in [1.54, 1.807) is 11.8 Å². The lowest BCUT2D eigenvalue weighted by molar-refractivity contribution is -0.142. The van der Waals surface area contributed by atoms with Gasteiger partial charge in [0.2, 0.25) is 17.7 Å². The lowest BCUT2D eigenvalue weighted by Crippen LogP contribution is -2.49. The van der Waals surface area contributed by atoms with E-state index < -0.39 is 5.41 Å². The van der Waals surface area contributed by atoms with E-state index in [0.717, 1.165) is 5.56 Å². The van der Waals surface area contributed by atoms with Crippen LogP contribution >= 0.6 is 0 Å². The smallest absolute Gasteiger partial charge is 0.409 e. The summed E-state index contributed by atoms with van der Waals surface area (Å²) >= 11 is 0. The van der Waals surface area contributed by atoms with Gasteiger partial charge >= 0.3 is 6.09 Å². The van der Waals surface area contributed by atoms with E-state index in [9.17, 15) is 19.2 Å². The number of carbonyl (C=O) groups excluding carboxylic acids is 4. The molecule has 180 valence electrons. The third kappa shape index (κ3) is 5.35. The monoisotopic (exact) mass is 459 g/mol. The number of rotatable bonds is 8. The van der Waals surface area contributed by atoms with Gasteiger partial charge in [0, 0.05) is 39.1 Å². The Bertz CT molecular complexity index is 896. The number of likely N-dealkylation sites (tertiary alicyclic amines) is 2. The molecule has 0 aromatic heterocycles. The first kappa shape index (κ1) is 24.7. The quantitative estimate of drug-likeness (QED) is 0.594. The standard InChI is InChI=1S/C24H33N3O6/c1-4-33-23(31)26-11-9-18(10-12-26)25-20(28)15-24(19-8-6-5-7-17(19)2)16-21(29)27(22(24)30)13-14-32-3/h5-8,18H,4,9-16H2,1-3H3,(H,25,28). The Morgan fingerprint density at radius 2 is 1.88 bits per heavy atom. The zero-order valence-electron chi connectivity index (χ0n) is 19.6. The van der Waals surface area contributed by atoms with Crippen LogP contribution in [0, 0.1) is 6.92 Å². The fraction of sp³-hybridized carbons (Fsp3) is 0.583. The molecular weight excluding hydrogens is 426 g/mol. The van der Waals surface area contributed by atoms with Crippen LogP contribution in [0.15, 0.2) is 24.3 Å². The van der Waals surface area contributed by atoms with Crippen molar-refractivity contribution in [1.82, 2.24) is 15.1 Å². The van der Waals surface area contributed by atoms with E-state index in [1.807, 2.05) is 31.2 Å². The van der Waals surface area contributed by atoms with E-state index >= 15 is 0 Å². The summed E-state index contributed by atoms with van der Waals surface area (Å²) in [5, 5.41) is 3.02. The van der Waals surface area contributed by atoms with Crippen molar-refractivity contribution >= 4 is 23.8 Å². The molecule has 0 bridgehead atoms. The largest absolute Gasteiger partial charge is 0.450 e. The van der Waals surface area contributed by atoms with Crippen LogP contribution in [0.4, 0.5) is 4.79 Å². The molecule has 2 heterocycles. The Morgan fingerprint density at radius 1 is 1.18 bits per heavy atom. The SMILES string of the molecule is CCOC(=O)N1CCC(NC(=O)CC2(c3ccccc3C)CC(=O)N(CCOC)C2=O)CC1. The number of nitrogens with zero attached hydrogens (tertiary/aromatic N) is 2. The van der Waals surface area contributed by atoms with Crippen LogP contribution < -0.4 is 5.32 Å². The number of ether oxygens (including phenoxy) is 2. The number of imide groups is 1. The number of hydrogen-bond donors (Lipinski definition) is 1. The van der Waals surface area contributed by atoms with Gasteiger partial charge in [-0.2, -0.15) is 0 Å². The van der Waals surface area contributed by atoms with Gasteiger partial charge in [0.25, 0.3) is 0 Å². The molecule has 0 saturated carbocycles. The first-order valence-electron chi connectivity index (χ1n) is 11.4. The topological polar surface area (TPSA) is 105 Å². The third-order valence-corrected chi connectivity index (χ3v) is 6.44. The Labute approximate surface area is 194 Å². The van der Waals surface area contributed by atoms with E-state index in [2.05, 4.69) is 5.32 Å². The van der Waals surface area contributed by atoms with Gasteiger partial charge in [-0.25, -0.2) is 4.79 Å². The Kier molecular flexibility index (Phi) is 8.07. The Balaban J connectivity index is 1.74. The number of methoxy groups -OCH3 is 1. The number of aryl methyl sites for hydroxylation is 1. The lowest BCUT2D eigenvalue weighted by Gasteiger charge is -2.33. The zero-order valence-corrected chi connectivity index (χ0v) is 19.6. The summed E-state index contributed by atoms with van der Waals surface area (Å²) < 4.78 is 10.1. The van der Waals surface area contributed by atoms with Crippen molar-refractivity contribution in [3.8, 4) is 0 Å². The first-order valence-corrected chi connectivity index (χ1v) is 11.4. The maximum Gasteiger partial charge on any atom is 0.409 e. The Hall–Kier alpha value is -2.94. The molecule has 2 saturated heterocycles. The van der Waals surface area contributed by atoms with E-state index in [0.29, 0.717) is 38.1 Å². The summed E-state index contributed by atoms with van der Waals surface area (Å²) in [5.74, 6) is -0.926. The van der Waals surface area contributed by atoms with Crippen molar-refractivity contribution in [2.45, 2.75) is 51.0 Å². The summed E-state index contributed by atoms with van der Waals surface area (Å²) in [7, 11) is 1.51. The lowest BCUT2D eigenvalue weighted by atomic mass is 9.74. The molecule has 3 rings (SSSR count). The molecule has 9 nitrogen and oxygen atoms in total. The van der Waals surface area contributed by atoms with Gasteiger partial charge < -0.3 is 19.7 Å². The minimum Gasteiger partial charge on any atom is -0.450 e.